The largest absolute Gasteiger partial charge is 0.469 e. The Balaban J connectivity index is 1.66. The van der Waals surface area contributed by atoms with Crippen molar-refractivity contribution >= 4 is 45.7 Å². The van der Waals surface area contributed by atoms with Crippen molar-refractivity contribution in [3.8, 4) is 11.1 Å². The average molecular weight is 459 g/mol. The summed E-state index contributed by atoms with van der Waals surface area (Å²) < 4.78 is 4.87. The van der Waals surface area contributed by atoms with Gasteiger partial charge in [0.1, 0.15) is 0 Å². The number of hydrogen-bond donors (Lipinski definition) is 2. The van der Waals surface area contributed by atoms with Crippen molar-refractivity contribution in [1.29, 1.82) is 0 Å². The highest BCUT2D eigenvalue weighted by Crippen LogP contribution is 2.36. The third-order valence-electron chi connectivity index (χ3n) is 5.50. The highest BCUT2D eigenvalue weighted by molar-refractivity contribution is 6.31. The fourth-order valence-electron chi connectivity index (χ4n) is 3.85. The SMILES string of the molecule is COC(=O)Cc1cc2ccc(Cl)cc2c(-c2ccc(NC(=O)Nc3ccccc3)cc2)c1C. The minimum atomic E-state index is -0.317. The lowest BCUT2D eigenvalue weighted by atomic mass is 9.89. The van der Waals surface area contributed by atoms with Crippen LogP contribution >= 0.6 is 11.6 Å². The number of methoxy groups -OCH3 is 1. The van der Waals surface area contributed by atoms with Gasteiger partial charge in [0, 0.05) is 16.4 Å². The number of carbonyl (C=O) groups is 2. The van der Waals surface area contributed by atoms with Crippen molar-refractivity contribution in [2.75, 3.05) is 17.7 Å². The molecule has 2 amide bonds. The van der Waals surface area contributed by atoms with Gasteiger partial charge in [-0.2, -0.15) is 0 Å². The molecule has 0 heterocycles. The zero-order chi connectivity index (χ0) is 23.4. The maximum absolute atomic E-state index is 12.3. The van der Waals surface area contributed by atoms with Gasteiger partial charge in [-0.1, -0.05) is 54.1 Å². The molecule has 0 atom stereocenters. The molecule has 0 saturated heterocycles. The van der Waals surface area contributed by atoms with Crippen LogP contribution in [0.15, 0.2) is 78.9 Å². The van der Waals surface area contributed by atoms with Crippen LogP contribution in [0, 0.1) is 6.92 Å². The molecule has 0 bridgehead atoms. The smallest absolute Gasteiger partial charge is 0.323 e. The Morgan fingerprint density at radius 2 is 1.55 bits per heavy atom. The van der Waals surface area contributed by atoms with Gasteiger partial charge in [-0.3, -0.25) is 4.79 Å². The second kappa shape index (κ2) is 9.76. The highest BCUT2D eigenvalue weighted by atomic mass is 35.5. The van der Waals surface area contributed by atoms with Crippen molar-refractivity contribution in [3.05, 3.63) is 95.0 Å². The maximum atomic E-state index is 12.3. The second-order valence-electron chi connectivity index (χ2n) is 7.68. The number of para-hydroxylation sites is 1. The minimum absolute atomic E-state index is 0.188. The summed E-state index contributed by atoms with van der Waals surface area (Å²) in [6.45, 7) is 1.99. The first-order valence-electron chi connectivity index (χ1n) is 10.5. The molecule has 0 aliphatic carbocycles. The Bertz CT molecular complexity index is 1320. The number of amides is 2. The number of nitrogens with one attached hydrogen (secondary N) is 2. The van der Waals surface area contributed by atoms with Gasteiger partial charge in [0.25, 0.3) is 0 Å². The standard InChI is InChI=1S/C27H23ClN2O3/c1-17-20(15-25(31)33-2)14-19-8-11-21(28)16-24(19)26(17)18-9-12-23(13-10-18)30-27(32)29-22-6-4-3-5-7-22/h3-14,16H,15H2,1-2H3,(H2,29,30,32). The summed E-state index contributed by atoms with van der Waals surface area (Å²) in [5.41, 5.74) is 5.22. The Morgan fingerprint density at radius 3 is 2.21 bits per heavy atom. The molecule has 0 unspecified atom stereocenters. The van der Waals surface area contributed by atoms with Crippen molar-refractivity contribution in [2.24, 2.45) is 0 Å². The molecule has 5 nitrogen and oxygen atoms in total. The van der Waals surface area contributed by atoms with Crippen molar-refractivity contribution in [3.63, 3.8) is 0 Å². The number of benzene rings is 4. The number of anilines is 2. The van der Waals surface area contributed by atoms with Crippen LogP contribution in [0.25, 0.3) is 21.9 Å². The van der Waals surface area contributed by atoms with Crippen molar-refractivity contribution in [1.82, 2.24) is 0 Å². The minimum Gasteiger partial charge on any atom is -0.469 e. The molecular formula is C27H23ClN2O3. The molecule has 0 aliphatic rings. The van der Waals surface area contributed by atoms with Gasteiger partial charge >= 0.3 is 12.0 Å². The molecule has 4 rings (SSSR count). The van der Waals surface area contributed by atoms with E-state index in [1.165, 1.54) is 7.11 Å². The number of rotatable bonds is 5. The molecule has 33 heavy (non-hydrogen) atoms. The van der Waals surface area contributed by atoms with Gasteiger partial charge in [-0.15, -0.1) is 0 Å². The van der Waals surface area contributed by atoms with Crippen molar-refractivity contribution in [2.45, 2.75) is 13.3 Å². The van der Waals surface area contributed by atoms with Gasteiger partial charge in [0.15, 0.2) is 0 Å². The predicted molar refractivity (Wildman–Crippen MR) is 134 cm³/mol. The van der Waals surface area contributed by atoms with Crippen molar-refractivity contribution < 1.29 is 14.3 Å². The number of urea groups is 1. The molecule has 0 fully saturated rings. The fraction of sp³-hybridized carbons (Fsp3) is 0.111. The van der Waals surface area contributed by atoms with E-state index in [4.69, 9.17) is 16.3 Å². The molecular weight excluding hydrogens is 436 g/mol. The highest BCUT2D eigenvalue weighted by Gasteiger charge is 2.15. The number of esters is 1. The maximum Gasteiger partial charge on any atom is 0.323 e. The van der Waals surface area contributed by atoms with Crippen LogP contribution in [0.5, 0.6) is 0 Å². The average Bonchev–Trinajstić information content (AvgIpc) is 2.81. The van der Waals surface area contributed by atoms with Gasteiger partial charge < -0.3 is 15.4 Å². The van der Waals surface area contributed by atoms with E-state index in [-0.39, 0.29) is 18.4 Å². The molecule has 0 aromatic heterocycles. The van der Waals surface area contributed by atoms with E-state index in [1.54, 1.807) is 0 Å². The monoisotopic (exact) mass is 458 g/mol. The Morgan fingerprint density at radius 1 is 0.879 bits per heavy atom. The molecule has 6 heteroatoms. The van der Waals surface area contributed by atoms with Crippen LogP contribution in [0.1, 0.15) is 11.1 Å². The molecule has 166 valence electrons. The van der Waals surface area contributed by atoms with Crippen LogP contribution in [0.3, 0.4) is 0 Å². The summed E-state index contributed by atoms with van der Waals surface area (Å²) in [6, 6.07) is 24.3. The molecule has 0 saturated carbocycles. The summed E-state index contributed by atoms with van der Waals surface area (Å²) in [7, 11) is 1.39. The zero-order valence-electron chi connectivity index (χ0n) is 18.3. The van der Waals surface area contributed by atoms with Crippen LogP contribution < -0.4 is 10.6 Å². The Labute approximate surface area is 197 Å². The fourth-order valence-corrected chi connectivity index (χ4v) is 4.02. The third-order valence-corrected chi connectivity index (χ3v) is 5.73. The lowest BCUT2D eigenvalue weighted by Gasteiger charge is -2.16. The van der Waals surface area contributed by atoms with E-state index >= 15 is 0 Å². The van der Waals surface area contributed by atoms with E-state index in [1.807, 2.05) is 85.8 Å². The predicted octanol–water partition coefficient (Wildman–Crippen LogP) is 6.83. The number of ether oxygens (including phenoxy) is 1. The van der Waals surface area contributed by atoms with Crippen LogP contribution in [-0.4, -0.2) is 19.1 Å². The summed E-state index contributed by atoms with van der Waals surface area (Å²) in [6.07, 6.45) is 0.188. The third kappa shape index (κ3) is 5.16. The summed E-state index contributed by atoms with van der Waals surface area (Å²) in [4.78, 5) is 24.3. The summed E-state index contributed by atoms with van der Waals surface area (Å²) >= 11 is 6.30. The molecule has 0 aliphatic heterocycles. The summed E-state index contributed by atoms with van der Waals surface area (Å²) in [5.74, 6) is -0.290. The topological polar surface area (TPSA) is 67.4 Å². The second-order valence-corrected chi connectivity index (χ2v) is 8.11. The van der Waals surface area contributed by atoms with Gasteiger partial charge in [0.05, 0.1) is 13.5 Å². The molecule has 4 aromatic carbocycles. The molecule has 4 aromatic rings. The number of hydrogen-bond acceptors (Lipinski definition) is 3. The normalized spacial score (nSPS) is 10.6. The molecule has 0 radical (unpaired) electrons. The quantitative estimate of drug-likeness (QED) is 0.322. The first kappa shape index (κ1) is 22.4. The van der Waals surface area contributed by atoms with E-state index in [9.17, 15) is 9.59 Å². The van der Waals surface area contributed by atoms with Crippen LogP contribution in [0.4, 0.5) is 16.2 Å². The molecule has 2 N–H and O–H groups in total. The van der Waals surface area contributed by atoms with E-state index in [0.717, 1.165) is 33.0 Å². The first-order valence-corrected chi connectivity index (χ1v) is 10.8. The van der Waals surface area contributed by atoms with E-state index in [2.05, 4.69) is 10.6 Å². The van der Waals surface area contributed by atoms with E-state index < -0.39 is 0 Å². The molecule has 0 spiro atoms. The number of halogens is 1. The zero-order valence-corrected chi connectivity index (χ0v) is 19.1. The number of carbonyl (C=O) groups excluding carboxylic acids is 2. The van der Waals surface area contributed by atoms with E-state index in [0.29, 0.717) is 16.4 Å². The lowest BCUT2D eigenvalue weighted by Crippen LogP contribution is -2.19. The Kier molecular flexibility index (Phi) is 6.61. The summed E-state index contributed by atoms with van der Waals surface area (Å²) in [5, 5.41) is 8.27. The Hall–Kier alpha value is -3.83. The first-order chi connectivity index (χ1) is 15.9. The lowest BCUT2D eigenvalue weighted by molar-refractivity contribution is -0.139. The van der Waals surface area contributed by atoms with Crippen LogP contribution in [-0.2, 0) is 16.0 Å². The number of fused-ring (bicyclic) bond motifs is 1. The van der Waals surface area contributed by atoms with Gasteiger partial charge in [0.2, 0.25) is 0 Å². The van der Waals surface area contributed by atoms with Gasteiger partial charge in [-0.25, -0.2) is 4.79 Å². The van der Waals surface area contributed by atoms with Gasteiger partial charge in [-0.05, 0) is 76.3 Å². The van der Waals surface area contributed by atoms with Crippen LogP contribution in [0.2, 0.25) is 5.02 Å².